The number of H-pyrrole nitrogens is 1. The zero-order valence-electron chi connectivity index (χ0n) is 16.7. The molecule has 4 rings (SSSR count). The van der Waals surface area contributed by atoms with Crippen molar-refractivity contribution in [1.82, 2.24) is 10.3 Å². The molecule has 2 unspecified atom stereocenters. The minimum atomic E-state index is -0.584. The molecule has 1 amide bonds. The molecule has 0 bridgehead atoms. The van der Waals surface area contributed by atoms with Gasteiger partial charge in [0.1, 0.15) is 6.61 Å². The van der Waals surface area contributed by atoms with E-state index in [1.165, 1.54) is 17.7 Å². The summed E-state index contributed by atoms with van der Waals surface area (Å²) >= 11 is 0. The normalized spacial score (nSPS) is 16.5. The van der Waals surface area contributed by atoms with Crippen molar-refractivity contribution in [3.8, 4) is 11.8 Å². The summed E-state index contributed by atoms with van der Waals surface area (Å²) in [5.41, 5.74) is 9.10. The Bertz CT molecular complexity index is 1150. The molecule has 3 aromatic rings. The average Bonchev–Trinajstić information content (AvgIpc) is 3.14. The number of primary amides is 1. The summed E-state index contributed by atoms with van der Waals surface area (Å²) in [5.74, 6) is -0.929. The molecule has 7 heteroatoms. The second-order valence-corrected chi connectivity index (χ2v) is 7.77. The van der Waals surface area contributed by atoms with Gasteiger partial charge in [0.05, 0.1) is 11.6 Å². The fourth-order valence-corrected chi connectivity index (χ4v) is 4.10. The van der Waals surface area contributed by atoms with Crippen LogP contribution < -0.4 is 15.8 Å². The zero-order chi connectivity index (χ0) is 21.3. The molecule has 0 fully saturated rings. The second kappa shape index (κ2) is 8.17. The Morgan fingerprint density at radius 1 is 1.43 bits per heavy atom. The van der Waals surface area contributed by atoms with Gasteiger partial charge in [-0.2, -0.15) is 5.26 Å². The summed E-state index contributed by atoms with van der Waals surface area (Å²) in [7, 11) is 0. The van der Waals surface area contributed by atoms with Gasteiger partial charge >= 0.3 is 0 Å². The average molecular weight is 406 g/mol. The first-order valence-electron chi connectivity index (χ1n) is 9.96. The fourth-order valence-electron chi connectivity index (χ4n) is 4.10. The van der Waals surface area contributed by atoms with Crippen LogP contribution in [0.15, 0.2) is 36.5 Å². The van der Waals surface area contributed by atoms with Gasteiger partial charge < -0.3 is 20.8 Å². The number of nitrogens with zero attached hydrogens (tertiary/aromatic N) is 1. The van der Waals surface area contributed by atoms with Crippen LogP contribution >= 0.6 is 0 Å². The molecule has 0 spiro atoms. The maximum Gasteiger partial charge on any atom is 0.249 e. The number of hydrogen-bond donors (Lipinski definition) is 3. The van der Waals surface area contributed by atoms with Crippen LogP contribution in [0.1, 0.15) is 40.4 Å². The number of halogens is 1. The maximum absolute atomic E-state index is 14.0. The second-order valence-electron chi connectivity index (χ2n) is 7.77. The zero-order valence-corrected chi connectivity index (χ0v) is 16.7. The van der Waals surface area contributed by atoms with Crippen LogP contribution in [0.3, 0.4) is 0 Å². The van der Waals surface area contributed by atoms with E-state index >= 15 is 0 Å². The largest absolute Gasteiger partial charge is 0.489 e. The minimum absolute atomic E-state index is 0.0411. The number of amides is 1. The number of nitrogens with two attached hydrogens (primary N) is 1. The standard InChI is InChI=1S/C23H23FN4O2/c1-13(2-4-15-11-27-21-7-3-14(10-25)8-18(15)21)28-16-9-19-17(23(26)29)5-6-20(24)22(19)30-12-16/h3,5-8,11,13,16,27-28H,2,4,9,12H2,1H3,(H2,26,29). The van der Waals surface area contributed by atoms with Crippen molar-refractivity contribution in [2.24, 2.45) is 5.73 Å². The number of ether oxygens (including phenoxy) is 1. The van der Waals surface area contributed by atoms with Gasteiger partial charge in [-0.3, -0.25) is 4.79 Å². The highest BCUT2D eigenvalue weighted by Crippen LogP contribution is 2.31. The first-order chi connectivity index (χ1) is 14.5. The molecule has 1 aromatic heterocycles. The van der Waals surface area contributed by atoms with E-state index in [1.807, 2.05) is 18.3 Å². The van der Waals surface area contributed by atoms with Crippen molar-refractivity contribution in [2.75, 3.05) is 6.61 Å². The van der Waals surface area contributed by atoms with Crippen molar-refractivity contribution in [3.05, 3.63) is 64.6 Å². The number of nitrogens with one attached hydrogen (secondary N) is 2. The van der Waals surface area contributed by atoms with Gasteiger partial charge in [-0.15, -0.1) is 0 Å². The molecule has 0 radical (unpaired) electrons. The highest BCUT2D eigenvalue weighted by molar-refractivity contribution is 5.95. The quantitative estimate of drug-likeness (QED) is 0.585. The molecule has 154 valence electrons. The summed E-state index contributed by atoms with van der Waals surface area (Å²) in [4.78, 5) is 14.9. The Balaban J connectivity index is 1.41. The number of fused-ring (bicyclic) bond motifs is 2. The van der Waals surface area contributed by atoms with E-state index in [9.17, 15) is 9.18 Å². The predicted molar refractivity (Wildman–Crippen MR) is 112 cm³/mol. The molecule has 6 nitrogen and oxygen atoms in total. The third-order valence-corrected chi connectivity index (χ3v) is 5.62. The van der Waals surface area contributed by atoms with E-state index in [4.69, 9.17) is 15.7 Å². The Morgan fingerprint density at radius 3 is 3.03 bits per heavy atom. The summed E-state index contributed by atoms with van der Waals surface area (Å²) in [6.45, 7) is 2.42. The van der Waals surface area contributed by atoms with Crippen molar-refractivity contribution < 1.29 is 13.9 Å². The molecule has 0 saturated carbocycles. The number of benzene rings is 2. The number of nitriles is 1. The van der Waals surface area contributed by atoms with Crippen LogP contribution in [0.25, 0.3) is 10.9 Å². The van der Waals surface area contributed by atoms with Crippen LogP contribution in [-0.2, 0) is 12.8 Å². The predicted octanol–water partition coefficient (Wildman–Crippen LogP) is 3.19. The Kier molecular flexibility index (Phi) is 5.42. The van der Waals surface area contributed by atoms with E-state index in [1.54, 1.807) is 6.07 Å². The van der Waals surface area contributed by atoms with Crippen LogP contribution in [-0.4, -0.2) is 29.6 Å². The van der Waals surface area contributed by atoms with E-state index in [0.717, 1.165) is 23.7 Å². The molecule has 1 aliphatic rings. The highest BCUT2D eigenvalue weighted by atomic mass is 19.1. The molecule has 1 aliphatic heterocycles. The monoisotopic (exact) mass is 406 g/mol. The highest BCUT2D eigenvalue weighted by Gasteiger charge is 2.27. The molecule has 2 atom stereocenters. The molecule has 0 aliphatic carbocycles. The summed E-state index contributed by atoms with van der Waals surface area (Å²) in [6.07, 6.45) is 4.18. The Labute approximate surface area is 173 Å². The van der Waals surface area contributed by atoms with Crippen LogP contribution in [0, 0.1) is 17.1 Å². The number of rotatable bonds is 6. The molecule has 0 saturated heterocycles. The Hall–Kier alpha value is -3.37. The third kappa shape index (κ3) is 3.87. The molecule has 30 heavy (non-hydrogen) atoms. The summed E-state index contributed by atoms with van der Waals surface area (Å²) in [6, 6.07) is 10.6. The van der Waals surface area contributed by atoms with Crippen molar-refractivity contribution in [3.63, 3.8) is 0 Å². The van der Waals surface area contributed by atoms with E-state index < -0.39 is 11.7 Å². The topological polar surface area (TPSA) is 104 Å². The Morgan fingerprint density at radius 2 is 2.27 bits per heavy atom. The maximum atomic E-state index is 14.0. The minimum Gasteiger partial charge on any atom is -0.489 e. The number of hydrogen-bond acceptors (Lipinski definition) is 4. The van der Waals surface area contributed by atoms with Crippen LogP contribution in [0.5, 0.6) is 5.75 Å². The molecule has 2 aromatic carbocycles. The van der Waals surface area contributed by atoms with Gasteiger partial charge in [0.2, 0.25) is 5.91 Å². The van der Waals surface area contributed by atoms with Gasteiger partial charge in [-0.25, -0.2) is 4.39 Å². The number of aryl methyl sites for hydroxylation is 1. The summed E-state index contributed by atoms with van der Waals surface area (Å²) in [5, 5.41) is 13.7. The van der Waals surface area contributed by atoms with Gasteiger partial charge in [-0.1, -0.05) is 0 Å². The lowest BCUT2D eigenvalue weighted by Crippen LogP contribution is -2.44. The van der Waals surface area contributed by atoms with E-state index in [-0.39, 0.29) is 17.8 Å². The lowest BCUT2D eigenvalue weighted by atomic mass is 9.95. The van der Waals surface area contributed by atoms with Crippen LogP contribution in [0.4, 0.5) is 4.39 Å². The molecular weight excluding hydrogens is 383 g/mol. The lowest BCUT2D eigenvalue weighted by Gasteiger charge is -2.30. The molecule has 4 N–H and O–H groups in total. The van der Waals surface area contributed by atoms with Gasteiger partial charge in [-0.05, 0) is 62.1 Å². The summed E-state index contributed by atoms with van der Waals surface area (Å²) < 4.78 is 19.7. The van der Waals surface area contributed by atoms with Crippen molar-refractivity contribution >= 4 is 16.8 Å². The van der Waals surface area contributed by atoms with Crippen molar-refractivity contribution in [2.45, 2.75) is 38.3 Å². The van der Waals surface area contributed by atoms with Crippen LogP contribution in [0.2, 0.25) is 0 Å². The lowest BCUT2D eigenvalue weighted by molar-refractivity contribution is 0.0997. The number of aromatic amines is 1. The van der Waals surface area contributed by atoms with Crippen molar-refractivity contribution in [1.29, 1.82) is 5.26 Å². The number of carbonyl (C=O) groups is 1. The smallest absolute Gasteiger partial charge is 0.249 e. The van der Waals surface area contributed by atoms with Gasteiger partial charge in [0.15, 0.2) is 11.6 Å². The first-order valence-corrected chi connectivity index (χ1v) is 9.96. The van der Waals surface area contributed by atoms with Gasteiger partial charge in [0, 0.05) is 40.3 Å². The van der Waals surface area contributed by atoms with E-state index in [2.05, 4.69) is 23.3 Å². The fraction of sp³-hybridized carbons (Fsp3) is 0.304. The molecule has 2 heterocycles. The molecular formula is C23H23FN4O2. The SMILES string of the molecule is CC(CCc1c[nH]c2ccc(C#N)cc12)NC1COc2c(F)ccc(C(N)=O)c2C1. The van der Waals surface area contributed by atoms with E-state index in [0.29, 0.717) is 29.7 Å². The first kappa shape index (κ1) is 19.9. The third-order valence-electron chi connectivity index (χ3n) is 5.62. The number of carbonyl (C=O) groups excluding carboxylic acids is 1. The number of aromatic nitrogens is 1. The van der Waals surface area contributed by atoms with Gasteiger partial charge in [0.25, 0.3) is 0 Å².